The van der Waals surface area contributed by atoms with Crippen LogP contribution >= 0.6 is 12.2 Å². The van der Waals surface area contributed by atoms with Crippen LogP contribution in [0.3, 0.4) is 0 Å². The molecule has 0 aliphatic heterocycles. The molecule has 3 rings (SSSR count). The Bertz CT molecular complexity index is 1300. The van der Waals surface area contributed by atoms with Crippen molar-refractivity contribution in [1.82, 2.24) is 10.2 Å². The van der Waals surface area contributed by atoms with Crippen molar-refractivity contribution in [2.75, 3.05) is 5.73 Å². The van der Waals surface area contributed by atoms with Crippen molar-refractivity contribution in [2.24, 2.45) is 5.92 Å². The number of carbonyl (C=O) groups is 1. The summed E-state index contributed by atoms with van der Waals surface area (Å²) >= 11 is 4.90. The molecule has 0 aliphatic carbocycles. The Labute approximate surface area is 262 Å². The van der Waals surface area contributed by atoms with Gasteiger partial charge in [0.15, 0.2) is 11.6 Å². The minimum Gasteiger partial charge on any atom is -0.382 e. The minimum atomic E-state index is -4.25. The number of anilines is 1. The van der Waals surface area contributed by atoms with Gasteiger partial charge in [0.05, 0.1) is 11.1 Å². The molecule has 0 saturated carbocycles. The number of aromatic nitrogens is 2. The standard InChI is InChI=1S/C11H11F3S.C10H20.C8H9N3.C6H10O/c1-8(15)2-3-9-4-6-10(7-5-9)11(12,13)14;1-5-7-10(8-6-2)9(3)4;1-5-2-3-7-6(4-5)8(9)11-10-7;1-4-5(2)6(3)7/h4-7H,2-3H2,1H3;10H,3,5-8H2,1-2,4H3;2-4H,1H3,(H3,9,10,11);4H,1-3H3/b;;;5-4+. The maximum atomic E-state index is 12.2. The van der Waals surface area contributed by atoms with E-state index in [4.69, 9.17) is 18.0 Å². The van der Waals surface area contributed by atoms with Crippen molar-refractivity contribution in [3.8, 4) is 0 Å². The molecule has 3 N–H and O–H groups in total. The van der Waals surface area contributed by atoms with Gasteiger partial charge in [0.2, 0.25) is 0 Å². The van der Waals surface area contributed by atoms with Gasteiger partial charge in [0, 0.05) is 5.39 Å². The average Bonchev–Trinajstić information content (AvgIpc) is 3.31. The van der Waals surface area contributed by atoms with Gasteiger partial charge < -0.3 is 5.73 Å². The molecular weight excluding hydrogens is 567 g/mol. The quantitative estimate of drug-likeness (QED) is 0.142. The number of aromatic amines is 1. The summed E-state index contributed by atoms with van der Waals surface area (Å²) in [5.41, 5.74) is 10.3. The maximum absolute atomic E-state index is 12.2. The summed E-state index contributed by atoms with van der Waals surface area (Å²) in [6.07, 6.45) is 4.22. The topological polar surface area (TPSA) is 71.8 Å². The number of carbonyl (C=O) groups excluding carboxylic acids is 1. The van der Waals surface area contributed by atoms with Crippen LogP contribution in [0.25, 0.3) is 10.9 Å². The molecule has 0 saturated heterocycles. The van der Waals surface area contributed by atoms with Gasteiger partial charge >= 0.3 is 6.18 Å². The van der Waals surface area contributed by atoms with Crippen molar-refractivity contribution in [1.29, 1.82) is 0 Å². The lowest BCUT2D eigenvalue weighted by Gasteiger charge is -2.14. The Hall–Kier alpha value is -3.26. The molecule has 0 unspecified atom stereocenters. The number of H-pyrrole nitrogens is 1. The zero-order valence-corrected chi connectivity index (χ0v) is 27.9. The van der Waals surface area contributed by atoms with Crippen LogP contribution in [-0.2, 0) is 17.4 Å². The number of nitrogen functional groups attached to an aromatic ring is 1. The molecule has 0 fully saturated rings. The number of fused-ring (bicyclic) bond motifs is 1. The first-order valence-corrected chi connectivity index (χ1v) is 15.1. The van der Waals surface area contributed by atoms with Gasteiger partial charge in [0.1, 0.15) is 0 Å². The summed E-state index contributed by atoms with van der Waals surface area (Å²) in [6, 6.07) is 11.2. The lowest BCUT2D eigenvalue weighted by Crippen LogP contribution is -2.04. The summed E-state index contributed by atoms with van der Waals surface area (Å²) in [6.45, 7) is 19.7. The van der Waals surface area contributed by atoms with E-state index >= 15 is 0 Å². The van der Waals surface area contributed by atoms with Gasteiger partial charge in [-0.2, -0.15) is 18.3 Å². The number of nitrogens with zero attached hydrogens (tertiary/aromatic N) is 1. The molecule has 2 aromatic carbocycles. The second kappa shape index (κ2) is 20.6. The van der Waals surface area contributed by atoms with Crippen molar-refractivity contribution < 1.29 is 18.0 Å². The number of aryl methyl sites for hydroxylation is 2. The molecular formula is C35H50F3N3OS. The number of ketones is 1. The zero-order chi connectivity index (χ0) is 33.2. The first-order chi connectivity index (χ1) is 20.1. The van der Waals surface area contributed by atoms with Crippen LogP contribution in [0.15, 0.2) is 66.3 Å². The number of thiocarbonyl (C=S) groups is 1. The monoisotopic (exact) mass is 617 g/mol. The maximum Gasteiger partial charge on any atom is 0.416 e. The number of nitrogens with two attached hydrogens (primary N) is 1. The van der Waals surface area contributed by atoms with Crippen molar-refractivity contribution in [3.63, 3.8) is 0 Å². The smallest absolute Gasteiger partial charge is 0.382 e. The summed E-state index contributed by atoms with van der Waals surface area (Å²) in [7, 11) is 0. The molecule has 0 radical (unpaired) electrons. The molecule has 43 heavy (non-hydrogen) atoms. The molecule has 3 aromatic rings. The first kappa shape index (κ1) is 39.7. The largest absolute Gasteiger partial charge is 0.416 e. The number of alkyl halides is 3. The normalized spacial score (nSPS) is 11.0. The van der Waals surface area contributed by atoms with Crippen molar-refractivity contribution >= 4 is 39.6 Å². The fraction of sp³-hybridized carbons (Fsp3) is 0.457. The van der Waals surface area contributed by atoms with Crippen molar-refractivity contribution in [3.05, 3.63) is 83.0 Å². The minimum absolute atomic E-state index is 0.155. The summed E-state index contributed by atoms with van der Waals surface area (Å²) in [5, 5.41) is 7.73. The van der Waals surface area contributed by atoms with Crippen LogP contribution in [0, 0.1) is 12.8 Å². The van der Waals surface area contributed by atoms with E-state index in [0.29, 0.717) is 12.2 Å². The van der Waals surface area contributed by atoms with Gasteiger partial charge in [0.25, 0.3) is 0 Å². The Morgan fingerprint density at radius 3 is 2.00 bits per heavy atom. The molecule has 238 valence electrons. The second-order valence-electron chi connectivity index (χ2n) is 10.7. The van der Waals surface area contributed by atoms with E-state index in [0.717, 1.165) is 51.4 Å². The number of halogens is 3. The third-order valence-corrected chi connectivity index (χ3v) is 6.96. The van der Waals surface area contributed by atoms with Crippen LogP contribution in [-0.4, -0.2) is 20.8 Å². The van der Waals surface area contributed by atoms with Crippen LogP contribution in [0.4, 0.5) is 19.0 Å². The highest BCUT2D eigenvalue weighted by Crippen LogP contribution is 2.29. The highest BCUT2D eigenvalue weighted by molar-refractivity contribution is 7.80. The molecule has 1 heterocycles. The Morgan fingerprint density at radius 2 is 1.60 bits per heavy atom. The number of hydrogen-bond donors (Lipinski definition) is 2. The Kier molecular flexibility index (Phi) is 19.0. The number of nitrogens with one attached hydrogen (secondary N) is 1. The number of Topliss-reactive ketones (excluding diaryl/α,β-unsaturated/α-hetero) is 1. The molecule has 8 heteroatoms. The number of rotatable bonds is 9. The summed E-state index contributed by atoms with van der Waals surface area (Å²) < 4.78 is 36.6. The van der Waals surface area contributed by atoms with E-state index < -0.39 is 11.7 Å². The highest BCUT2D eigenvalue weighted by atomic mass is 32.1. The highest BCUT2D eigenvalue weighted by Gasteiger charge is 2.29. The Balaban J connectivity index is 0.000000567. The summed E-state index contributed by atoms with van der Waals surface area (Å²) in [5.74, 6) is 1.52. The van der Waals surface area contributed by atoms with E-state index in [9.17, 15) is 18.0 Å². The Morgan fingerprint density at radius 1 is 1.05 bits per heavy atom. The van der Waals surface area contributed by atoms with Gasteiger partial charge in [-0.15, -0.1) is 0 Å². The predicted octanol–water partition coefficient (Wildman–Crippen LogP) is 10.8. The SMILES string of the molecule is C/C=C(\C)C(C)=O.C=C(C)C(CCC)CCC.CC(=S)CCc1ccc(C(F)(F)F)cc1.Cc1ccc2[nH]nc(N)c2c1. The lowest BCUT2D eigenvalue weighted by atomic mass is 9.92. The van der Waals surface area contributed by atoms with Gasteiger partial charge in [-0.1, -0.05) is 80.9 Å². The van der Waals surface area contributed by atoms with E-state index in [1.54, 1.807) is 6.92 Å². The van der Waals surface area contributed by atoms with Crippen LogP contribution < -0.4 is 5.73 Å². The number of benzene rings is 2. The third kappa shape index (κ3) is 16.8. The lowest BCUT2D eigenvalue weighted by molar-refractivity contribution is -0.137. The van der Waals surface area contributed by atoms with Gasteiger partial charge in [-0.3, -0.25) is 9.89 Å². The van der Waals surface area contributed by atoms with Crippen LogP contribution in [0.5, 0.6) is 0 Å². The molecule has 0 bridgehead atoms. The van der Waals surface area contributed by atoms with Crippen molar-refractivity contribution in [2.45, 2.75) is 100 Å². The van der Waals surface area contributed by atoms with Gasteiger partial charge in [-0.05, 0) is 113 Å². The zero-order valence-electron chi connectivity index (χ0n) is 27.1. The number of allylic oxidation sites excluding steroid dienone is 3. The fourth-order valence-electron chi connectivity index (χ4n) is 3.87. The average molecular weight is 618 g/mol. The molecule has 1 aromatic heterocycles. The first-order valence-electron chi connectivity index (χ1n) is 14.7. The van der Waals surface area contributed by atoms with E-state index in [1.807, 2.05) is 52.0 Å². The molecule has 0 atom stereocenters. The van der Waals surface area contributed by atoms with E-state index in [2.05, 4.69) is 37.5 Å². The van der Waals surface area contributed by atoms with E-state index in [1.165, 1.54) is 49.0 Å². The van der Waals surface area contributed by atoms with Gasteiger partial charge in [-0.25, -0.2) is 0 Å². The van der Waals surface area contributed by atoms with Crippen LogP contribution in [0.2, 0.25) is 0 Å². The molecule has 0 aliphatic rings. The summed E-state index contributed by atoms with van der Waals surface area (Å²) in [4.78, 5) is 11.2. The fourth-order valence-corrected chi connectivity index (χ4v) is 3.97. The molecule has 4 nitrogen and oxygen atoms in total. The predicted molar refractivity (Wildman–Crippen MR) is 182 cm³/mol. The van der Waals surface area contributed by atoms with E-state index in [-0.39, 0.29) is 5.78 Å². The number of hydrogen-bond acceptors (Lipinski definition) is 4. The third-order valence-electron chi connectivity index (χ3n) is 6.75. The van der Waals surface area contributed by atoms with Crippen LogP contribution in [0.1, 0.15) is 97.3 Å². The second-order valence-corrected chi connectivity index (χ2v) is 11.4. The molecule has 0 amide bonds. The molecule has 0 spiro atoms.